The van der Waals surface area contributed by atoms with E-state index in [1.807, 2.05) is 12.1 Å². The number of carbonyl (C=O) groups excluding carboxylic acids is 2. The van der Waals surface area contributed by atoms with Gasteiger partial charge in [-0.05, 0) is 36.1 Å². The van der Waals surface area contributed by atoms with Crippen LogP contribution in [0, 0.1) is 0 Å². The number of aryl methyl sites for hydroxylation is 1. The van der Waals surface area contributed by atoms with Gasteiger partial charge in [0.25, 0.3) is 0 Å². The maximum Gasteiger partial charge on any atom is 0.320 e. The van der Waals surface area contributed by atoms with Crippen molar-refractivity contribution in [1.29, 1.82) is 0 Å². The molecule has 0 bridgehead atoms. The van der Waals surface area contributed by atoms with Crippen LogP contribution in [0.5, 0.6) is 0 Å². The molecule has 1 atom stereocenters. The summed E-state index contributed by atoms with van der Waals surface area (Å²) >= 11 is 0. The fourth-order valence-corrected chi connectivity index (χ4v) is 3.03. The van der Waals surface area contributed by atoms with Gasteiger partial charge in [-0.2, -0.15) is 0 Å². The lowest BCUT2D eigenvalue weighted by Crippen LogP contribution is -2.40. The first-order valence-electron chi connectivity index (χ1n) is 8.30. The molecule has 2 aromatic heterocycles. The summed E-state index contributed by atoms with van der Waals surface area (Å²) in [4.78, 5) is 33.5. The maximum atomic E-state index is 11.8. The summed E-state index contributed by atoms with van der Waals surface area (Å²) in [5.41, 5.74) is 14.8. The average Bonchev–Trinajstić information content (AvgIpc) is 2.65. The number of urea groups is 1. The number of carbonyl (C=O) groups is 2. The molecule has 0 saturated carbocycles. The van der Waals surface area contributed by atoms with Gasteiger partial charge >= 0.3 is 6.03 Å². The highest BCUT2D eigenvalue weighted by atomic mass is 16.2. The van der Waals surface area contributed by atoms with Crippen LogP contribution >= 0.6 is 0 Å². The lowest BCUT2D eigenvalue weighted by molar-refractivity contribution is -0.120. The number of hydrogen-bond donors (Lipinski definition) is 2. The average molecular weight is 339 g/mol. The summed E-state index contributed by atoms with van der Waals surface area (Å²) in [6, 6.07) is 2.69. The van der Waals surface area contributed by atoms with Gasteiger partial charge in [-0.1, -0.05) is 6.92 Å². The van der Waals surface area contributed by atoms with Crippen molar-refractivity contribution >= 4 is 17.6 Å². The third kappa shape index (κ3) is 3.36. The number of Topliss-reactive ketones (excluding diaryl/α,β-unsaturated/α-hetero) is 1. The largest absolute Gasteiger partial charge is 0.351 e. The van der Waals surface area contributed by atoms with Crippen LogP contribution in [0.15, 0.2) is 30.7 Å². The van der Waals surface area contributed by atoms with E-state index in [-0.39, 0.29) is 5.78 Å². The molecule has 2 aromatic rings. The summed E-state index contributed by atoms with van der Waals surface area (Å²) in [6.07, 6.45) is 7.08. The number of fused-ring (bicyclic) bond motifs is 1. The molecule has 1 aliphatic heterocycles. The second kappa shape index (κ2) is 6.98. The Morgan fingerprint density at radius 2 is 2.00 bits per heavy atom. The molecule has 1 unspecified atom stereocenters. The molecule has 0 fully saturated rings. The quantitative estimate of drug-likeness (QED) is 0.883. The highest BCUT2D eigenvalue weighted by Crippen LogP contribution is 2.29. The lowest BCUT2D eigenvalue weighted by Gasteiger charge is -2.26. The zero-order chi connectivity index (χ0) is 18.0. The van der Waals surface area contributed by atoms with Gasteiger partial charge in [0.2, 0.25) is 0 Å². The SMILES string of the molecule is CCC(=O)C(N)c1cncc(-c2cnc3c(c2)CCCN3C(N)=O)c1. The van der Waals surface area contributed by atoms with E-state index in [1.54, 1.807) is 25.5 Å². The summed E-state index contributed by atoms with van der Waals surface area (Å²) in [7, 11) is 0. The minimum atomic E-state index is -0.673. The van der Waals surface area contributed by atoms with Crippen LogP contribution in [0.2, 0.25) is 0 Å². The molecule has 7 nitrogen and oxygen atoms in total. The molecule has 0 spiro atoms. The van der Waals surface area contributed by atoms with Crippen LogP contribution in [0.3, 0.4) is 0 Å². The summed E-state index contributed by atoms with van der Waals surface area (Å²) in [5.74, 6) is 0.587. The van der Waals surface area contributed by atoms with E-state index in [1.165, 1.54) is 4.90 Å². The van der Waals surface area contributed by atoms with E-state index >= 15 is 0 Å². The summed E-state index contributed by atoms with van der Waals surface area (Å²) < 4.78 is 0. The standard InChI is InChI=1S/C18H21N5O2/c1-2-15(24)16(19)14-7-12(8-21-9-14)13-6-11-4-3-5-23(18(20)25)17(11)22-10-13/h6-10,16H,2-5,19H2,1H3,(H2,20,25). The van der Waals surface area contributed by atoms with Crippen molar-refractivity contribution in [2.45, 2.75) is 32.2 Å². The number of aromatic nitrogens is 2. The number of primary amides is 1. The normalized spacial score (nSPS) is 14.7. The predicted octanol–water partition coefficient (Wildman–Crippen LogP) is 1.95. The predicted molar refractivity (Wildman–Crippen MR) is 94.9 cm³/mol. The Morgan fingerprint density at radius 3 is 2.72 bits per heavy atom. The fourth-order valence-electron chi connectivity index (χ4n) is 3.03. The topological polar surface area (TPSA) is 115 Å². The Hall–Kier alpha value is -2.80. The molecule has 0 radical (unpaired) electrons. The summed E-state index contributed by atoms with van der Waals surface area (Å²) in [6.45, 7) is 2.37. The van der Waals surface area contributed by atoms with Crippen molar-refractivity contribution in [3.63, 3.8) is 0 Å². The molecule has 0 aliphatic carbocycles. The minimum Gasteiger partial charge on any atom is -0.351 e. The Morgan fingerprint density at radius 1 is 1.24 bits per heavy atom. The van der Waals surface area contributed by atoms with Crippen molar-refractivity contribution < 1.29 is 9.59 Å². The van der Waals surface area contributed by atoms with Crippen LogP contribution in [-0.4, -0.2) is 28.3 Å². The number of nitrogens with two attached hydrogens (primary N) is 2. The van der Waals surface area contributed by atoms with E-state index in [4.69, 9.17) is 11.5 Å². The van der Waals surface area contributed by atoms with Crippen molar-refractivity contribution in [1.82, 2.24) is 9.97 Å². The van der Waals surface area contributed by atoms with Crippen molar-refractivity contribution in [3.05, 3.63) is 41.9 Å². The highest BCUT2D eigenvalue weighted by Gasteiger charge is 2.22. The minimum absolute atomic E-state index is 0.0281. The van der Waals surface area contributed by atoms with Crippen LogP contribution in [-0.2, 0) is 11.2 Å². The van der Waals surface area contributed by atoms with Crippen molar-refractivity contribution in [3.8, 4) is 11.1 Å². The maximum absolute atomic E-state index is 11.8. The van der Waals surface area contributed by atoms with E-state index in [9.17, 15) is 9.59 Å². The second-order valence-electron chi connectivity index (χ2n) is 6.10. The van der Waals surface area contributed by atoms with Gasteiger partial charge < -0.3 is 11.5 Å². The smallest absolute Gasteiger partial charge is 0.320 e. The number of anilines is 1. The molecule has 25 heavy (non-hydrogen) atoms. The molecule has 7 heteroatoms. The van der Waals surface area contributed by atoms with Gasteiger partial charge in [0.15, 0.2) is 5.78 Å². The monoisotopic (exact) mass is 339 g/mol. The van der Waals surface area contributed by atoms with Crippen molar-refractivity contribution in [2.75, 3.05) is 11.4 Å². The Labute approximate surface area is 146 Å². The Kier molecular flexibility index (Phi) is 4.76. The molecule has 1 aliphatic rings. The van der Waals surface area contributed by atoms with E-state index in [0.717, 1.165) is 29.5 Å². The number of ketones is 1. The highest BCUT2D eigenvalue weighted by molar-refractivity contribution is 5.91. The number of nitrogens with zero attached hydrogens (tertiary/aromatic N) is 3. The van der Waals surface area contributed by atoms with Crippen molar-refractivity contribution in [2.24, 2.45) is 11.5 Å². The Balaban J connectivity index is 1.95. The molecule has 4 N–H and O–H groups in total. The number of rotatable bonds is 4. The molecular formula is C18H21N5O2. The van der Waals surface area contributed by atoms with Gasteiger partial charge in [0.1, 0.15) is 5.82 Å². The van der Waals surface area contributed by atoms with E-state index in [0.29, 0.717) is 24.3 Å². The van der Waals surface area contributed by atoms with Gasteiger partial charge in [0, 0.05) is 42.7 Å². The Bertz CT molecular complexity index is 821. The first-order chi connectivity index (χ1) is 12.0. The first-order valence-corrected chi connectivity index (χ1v) is 8.30. The molecule has 2 amide bonds. The molecule has 3 heterocycles. The van der Waals surface area contributed by atoms with E-state index in [2.05, 4.69) is 9.97 Å². The molecule has 0 aromatic carbocycles. The number of hydrogen-bond acceptors (Lipinski definition) is 5. The third-order valence-corrected chi connectivity index (χ3v) is 4.44. The van der Waals surface area contributed by atoms with E-state index < -0.39 is 12.1 Å². The van der Waals surface area contributed by atoms with Crippen LogP contribution < -0.4 is 16.4 Å². The van der Waals surface area contributed by atoms with Crippen LogP contribution in [0.25, 0.3) is 11.1 Å². The summed E-state index contributed by atoms with van der Waals surface area (Å²) in [5, 5.41) is 0. The number of pyridine rings is 2. The third-order valence-electron chi connectivity index (χ3n) is 4.44. The molecule has 3 rings (SSSR count). The molecule has 0 saturated heterocycles. The number of amides is 2. The fraction of sp³-hybridized carbons (Fsp3) is 0.333. The van der Waals surface area contributed by atoms with Crippen LogP contribution in [0.1, 0.15) is 36.9 Å². The molecular weight excluding hydrogens is 318 g/mol. The zero-order valence-corrected chi connectivity index (χ0v) is 14.1. The van der Waals surface area contributed by atoms with Crippen LogP contribution in [0.4, 0.5) is 10.6 Å². The van der Waals surface area contributed by atoms with Gasteiger partial charge in [-0.25, -0.2) is 9.78 Å². The zero-order valence-electron chi connectivity index (χ0n) is 14.1. The van der Waals surface area contributed by atoms with Gasteiger partial charge in [-0.15, -0.1) is 0 Å². The van der Waals surface area contributed by atoms with Gasteiger partial charge in [0.05, 0.1) is 6.04 Å². The molecule has 130 valence electrons. The second-order valence-corrected chi connectivity index (χ2v) is 6.10. The van der Waals surface area contributed by atoms with Gasteiger partial charge in [-0.3, -0.25) is 14.7 Å². The lowest BCUT2D eigenvalue weighted by atomic mass is 9.98. The first kappa shape index (κ1) is 17.0.